The minimum Gasteiger partial charge on any atom is -0.497 e. The largest absolute Gasteiger partial charge is 0.497 e. The van der Waals surface area contributed by atoms with E-state index in [1.54, 1.807) is 37.6 Å². The summed E-state index contributed by atoms with van der Waals surface area (Å²) >= 11 is 0. The molecule has 4 N–H and O–H groups in total. The SMILES string of the molecule is COc1ccc(CN(Cc2ccc(OC)cc2)c2ncnc3cc(NC/C=C/CNc4ccc(C(N)=O)cc4OCCCN4CCN(C(=O)OC(C)(C)C)CC4)ccc23)cc1. The lowest BCUT2D eigenvalue weighted by molar-refractivity contribution is 0.0142. The molecule has 4 aromatic carbocycles. The zero-order chi connectivity index (χ0) is 43.2. The van der Waals surface area contributed by atoms with Crippen molar-refractivity contribution < 1.29 is 28.5 Å². The van der Waals surface area contributed by atoms with Gasteiger partial charge in [0, 0.05) is 75.5 Å². The number of amides is 2. The first-order valence-electron chi connectivity index (χ1n) is 20.6. The highest BCUT2D eigenvalue weighted by molar-refractivity contribution is 5.94. The van der Waals surface area contributed by atoms with E-state index >= 15 is 0 Å². The molecule has 0 saturated carbocycles. The number of methoxy groups -OCH3 is 2. The molecule has 1 fully saturated rings. The number of anilines is 3. The lowest BCUT2D eigenvalue weighted by Gasteiger charge is -2.35. The van der Waals surface area contributed by atoms with Crippen LogP contribution < -0.4 is 35.5 Å². The highest BCUT2D eigenvalue weighted by Gasteiger charge is 2.25. The van der Waals surface area contributed by atoms with Crippen molar-refractivity contribution in [3.63, 3.8) is 0 Å². The van der Waals surface area contributed by atoms with Crippen molar-refractivity contribution in [3.8, 4) is 17.2 Å². The standard InChI is InChI=1S/C47H58N8O6/c1-47(2,3)61-46(57)54-26-24-53(25-27-54)23-8-28-60-43-29-36(44(48)56)13-20-41(43)50-22-7-6-21-49-37-14-19-40-42(30-37)51-33-52-45(40)55(31-34-9-15-38(58-4)16-10-34)32-35-11-17-39(59-5)18-12-35/h6-7,9-20,29-30,33,49-50H,8,21-28,31-32H2,1-5H3,(H2,48,56)/b7-6+. The van der Waals surface area contributed by atoms with Crippen LogP contribution >= 0.6 is 0 Å². The van der Waals surface area contributed by atoms with Crippen LogP contribution in [0.2, 0.25) is 0 Å². The van der Waals surface area contributed by atoms with Crippen molar-refractivity contribution in [3.05, 3.63) is 120 Å². The van der Waals surface area contributed by atoms with Crippen LogP contribution in [0.1, 0.15) is 48.7 Å². The number of nitrogens with one attached hydrogen (secondary N) is 2. The van der Waals surface area contributed by atoms with Crippen LogP contribution in [0.25, 0.3) is 10.9 Å². The fourth-order valence-corrected chi connectivity index (χ4v) is 6.92. The predicted octanol–water partition coefficient (Wildman–Crippen LogP) is 7.35. The van der Waals surface area contributed by atoms with E-state index in [0.29, 0.717) is 57.2 Å². The quantitative estimate of drug-likeness (QED) is 0.0563. The second kappa shape index (κ2) is 21.1. The molecule has 2 amide bonds. The van der Waals surface area contributed by atoms with Crippen molar-refractivity contribution in [1.82, 2.24) is 19.8 Å². The van der Waals surface area contributed by atoms with E-state index in [1.807, 2.05) is 69.3 Å². The van der Waals surface area contributed by atoms with Gasteiger partial charge in [-0.05, 0) is 99.0 Å². The summed E-state index contributed by atoms with van der Waals surface area (Å²) in [6.07, 6.45) is 6.22. The summed E-state index contributed by atoms with van der Waals surface area (Å²) in [7, 11) is 3.34. The molecule has 1 saturated heterocycles. The van der Waals surface area contributed by atoms with Crippen LogP contribution in [-0.4, -0.2) is 104 Å². The van der Waals surface area contributed by atoms with E-state index in [1.165, 1.54) is 0 Å². The van der Waals surface area contributed by atoms with Gasteiger partial charge in [0.1, 0.15) is 35.0 Å². The van der Waals surface area contributed by atoms with E-state index in [4.69, 9.17) is 29.7 Å². The zero-order valence-electron chi connectivity index (χ0n) is 35.9. The average Bonchev–Trinajstić information content (AvgIpc) is 3.26. The van der Waals surface area contributed by atoms with Crippen LogP contribution in [0.4, 0.5) is 22.0 Å². The molecule has 0 aliphatic carbocycles. The molecule has 6 rings (SSSR count). The van der Waals surface area contributed by atoms with E-state index in [0.717, 1.165) is 76.8 Å². The van der Waals surface area contributed by atoms with E-state index in [-0.39, 0.29) is 6.09 Å². The number of aromatic nitrogens is 2. The Bertz CT molecular complexity index is 2190. The van der Waals surface area contributed by atoms with E-state index in [2.05, 4.69) is 61.8 Å². The average molecular weight is 831 g/mol. The Morgan fingerprint density at radius 1 is 0.803 bits per heavy atom. The van der Waals surface area contributed by atoms with Gasteiger partial charge in [-0.15, -0.1) is 0 Å². The predicted molar refractivity (Wildman–Crippen MR) is 241 cm³/mol. The molecular weight excluding hydrogens is 773 g/mol. The molecular formula is C47H58N8O6. The van der Waals surface area contributed by atoms with Gasteiger partial charge >= 0.3 is 6.09 Å². The van der Waals surface area contributed by atoms with Crippen LogP contribution in [0.15, 0.2) is 103 Å². The molecule has 322 valence electrons. The molecule has 1 aromatic heterocycles. The summed E-state index contributed by atoms with van der Waals surface area (Å²) in [5.74, 6) is 2.53. The first-order chi connectivity index (χ1) is 29.5. The van der Waals surface area contributed by atoms with Crippen molar-refractivity contribution >= 4 is 40.1 Å². The topological polar surface area (TPSA) is 157 Å². The van der Waals surface area contributed by atoms with Gasteiger partial charge in [0.05, 0.1) is 32.0 Å². The highest BCUT2D eigenvalue weighted by Crippen LogP contribution is 2.30. The van der Waals surface area contributed by atoms with Gasteiger partial charge in [0.15, 0.2) is 0 Å². The summed E-state index contributed by atoms with van der Waals surface area (Å²) in [6, 6.07) is 27.5. The highest BCUT2D eigenvalue weighted by atomic mass is 16.6. The molecule has 14 heteroatoms. The Morgan fingerprint density at radius 3 is 2.05 bits per heavy atom. The number of fused-ring (bicyclic) bond motifs is 1. The summed E-state index contributed by atoms with van der Waals surface area (Å²) in [5.41, 5.74) is 10.3. The molecule has 5 aromatic rings. The Hall–Kier alpha value is -6.54. The first kappa shape index (κ1) is 44.0. The number of benzene rings is 4. The number of piperazine rings is 1. The molecule has 0 atom stereocenters. The monoisotopic (exact) mass is 830 g/mol. The minimum absolute atomic E-state index is 0.266. The summed E-state index contributed by atoms with van der Waals surface area (Å²) < 4.78 is 22.4. The van der Waals surface area contributed by atoms with Gasteiger partial charge in [-0.3, -0.25) is 9.69 Å². The van der Waals surface area contributed by atoms with Crippen LogP contribution in [0.5, 0.6) is 17.2 Å². The normalized spacial score (nSPS) is 13.2. The number of carbonyl (C=O) groups excluding carboxylic acids is 2. The molecule has 0 bridgehead atoms. The number of rotatable bonds is 19. The van der Waals surface area contributed by atoms with Crippen molar-refractivity contribution in [2.45, 2.75) is 45.9 Å². The van der Waals surface area contributed by atoms with Gasteiger partial charge in [0.2, 0.25) is 5.91 Å². The molecule has 1 aliphatic rings. The molecule has 61 heavy (non-hydrogen) atoms. The van der Waals surface area contributed by atoms with Crippen molar-refractivity contribution in [2.75, 3.05) is 82.2 Å². The second-order valence-corrected chi connectivity index (χ2v) is 15.8. The zero-order valence-corrected chi connectivity index (χ0v) is 35.9. The lowest BCUT2D eigenvalue weighted by Crippen LogP contribution is -2.50. The fourth-order valence-electron chi connectivity index (χ4n) is 6.92. The summed E-state index contributed by atoms with van der Waals surface area (Å²) in [5, 5.41) is 7.83. The molecule has 14 nitrogen and oxygen atoms in total. The van der Waals surface area contributed by atoms with Gasteiger partial charge in [-0.25, -0.2) is 14.8 Å². The Morgan fingerprint density at radius 2 is 1.44 bits per heavy atom. The van der Waals surface area contributed by atoms with Gasteiger partial charge in [-0.2, -0.15) is 0 Å². The number of primary amides is 1. The maximum Gasteiger partial charge on any atom is 0.410 e. The molecule has 0 spiro atoms. The molecule has 2 heterocycles. The molecule has 0 radical (unpaired) electrons. The fraction of sp³-hybridized carbons (Fsp3) is 0.362. The van der Waals surface area contributed by atoms with E-state index in [9.17, 15) is 9.59 Å². The van der Waals surface area contributed by atoms with Crippen LogP contribution in [0.3, 0.4) is 0 Å². The third-order valence-corrected chi connectivity index (χ3v) is 10.1. The molecule has 0 unspecified atom stereocenters. The Kier molecular flexibility index (Phi) is 15.2. The smallest absolute Gasteiger partial charge is 0.410 e. The summed E-state index contributed by atoms with van der Waals surface area (Å²) in [6.45, 7) is 12.2. The van der Waals surface area contributed by atoms with Crippen LogP contribution in [0, 0.1) is 0 Å². The number of nitrogens with zero attached hydrogens (tertiary/aromatic N) is 5. The maximum absolute atomic E-state index is 12.4. The number of hydrogen-bond acceptors (Lipinski definition) is 12. The number of ether oxygens (including phenoxy) is 4. The third kappa shape index (κ3) is 13.0. The number of hydrogen-bond donors (Lipinski definition) is 3. The van der Waals surface area contributed by atoms with Crippen molar-refractivity contribution in [2.24, 2.45) is 5.73 Å². The third-order valence-electron chi connectivity index (χ3n) is 10.1. The lowest BCUT2D eigenvalue weighted by atomic mass is 10.1. The second-order valence-electron chi connectivity index (χ2n) is 15.8. The first-order valence-corrected chi connectivity index (χ1v) is 20.6. The maximum atomic E-state index is 12.4. The van der Waals surface area contributed by atoms with Gasteiger partial charge < -0.3 is 45.1 Å². The number of nitrogens with two attached hydrogens (primary N) is 1. The van der Waals surface area contributed by atoms with Gasteiger partial charge in [0.25, 0.3) is 0 Å². The minimum atomic E-state index is -0.513. The Labute approximate surface area is 358 Å². The number of carbonyl (C=O) groups is 2. The van der Waals surface area contributed by atoms with Gasteiger partial charge in [-0.1, -0.05) is 36.4 Å². The van der Waals surface area contributed by atoms with E-state index < -0.39 is 11.5 Å². The molecule has 1 aliphatic heterocycles. The Balaban J connectivity index is 1.01. The summed E-state index contributed by atoms with van der Waals surface area (Å²) in [4.78, 5) is 40.1. The van der Waals surface area contributed by atoms with Crippen LogP contribution in [-0.2, 0) is 17.8 Å². The van der Waals surface area contributed by atoms with Crippen molar-refractivity contribution in [1.29, 1.82) is 0 Å².